The number of aromatic nitrogens is 3. The maximum Gasteiger partial charge on any atom is 0.235 e. The molecule has 0 amide bonds. The molecular formula is C13H16ClN5. The third-order valence-electron chi connectivity index (χ3n) is 2.57. The van der Waals surface area contributed by atoms with Crippen molar-refractivity contribution in [2.45, 2.75) is 13.3 Å². The highest BCUT2D eigenvalue weighted by atomic mass is 35.5. The van der Waals surface area contributed by atoms with Gasteiger partial charge in [-0.1, -0.05) is 25.1 Å². The molecule has 0 saturated heterocycles. The number of anilines is 3. The highest BCUT2D eigenvalue weighted by Gasteiger charge is 2.10. The van der Waals surface area contributed by atoms with Crippen LogP contribution < -0.4 is 10.2 Å². The van der Waals surface area contributed by atoms with Gasteiger partial charge in [0.1, 0.15) is 0 Å². The van der Waals surface area contributed by atoms with Crippen LogP contribution in [-0.4, -0.2) is 28.5 Å². The largest absolute Gasteiger partial charge is 0.354 e. The molecule has 5 nitrogen and oxygen atoms in total. The van der Waals surface area contributed by atoms with Crippen molar-refractivity contribution in [3.8, 4) is 0 Å². The Hall–Kier alpha value is -1.88. The van der Waals surface area contributed by atoms with Crippen molar-refractivity contribution >= 4 is 29.2 Å². The van der Waals surface area contributed by atoms with E-state index in [0.717, 1.165) is 18.7 Å². The van der Waals surface area contributed by atoms with Crippen LogP contribution in [0, 0.1) is 0 Å². The molecule has 1 aromatic heterocycles. The van der Waals surface area contributed by atoms with Crippen LogP contribution in [0.5, 0.6) is 0 Å². The number of halogens is 1. The second-order valence-electron chi connectivity index (χ2n) is 4.05. The normalized spacial score (nSPS) is 10.3. The molecule has 0 atom stereocenters. The molecule has 1 N–H and O–H groups in total. The van der Waals surface area contributed by atoms with Gasteiger partial charge >= 0.3 is 0 Å². The predicted octanol–water partition coefficient (Wildman–Crippen LogP) is 3.11. The monoisotopic (exact) mass is 277 g/mol. The first kappa shape index (κ1) is 13.5. The van der Waals surface area contributed by atoms with Crippen LogP contribution in [0.15, 0.2) is 30.3 Å². The van der Waals surface area contributed by atoms with E-state index in [1.807, 2.05) is 42.3 Å². The van der Waals surface area contributed by atoms with Gasteiger partial charge < -0.3 is 10.2 Å². The predicted molar refractivity (Wildman–Crippen MR) is 78.1 cm³/mol. The number of nitrogens with one attached hydrogen (secondary N) is 1. The Morgan fingerprint density at radius 2 is 1.89 bits per heavy atom. The molecule has 0 unspecified atom stereocenters. The first-order valence-electron chi connectivity index (χ1n) is 6.15. The van der Waals surface area contributed by atoms with Crippen LogP contribution in [0.4, 0.5) is 17.6 Å². The van der Waals surface area contributed by atoms with Crippen LogP contribution in [0.1, 0.15) is 13.3 Å². The third kappa shape index (κ3) is 3.54. The van der Waals surface area contributed by atoms with Crippen molar-refractivity contribution in [1.82, 2.24) is 15.0 Å². The van der Waals surface area contributed by atoms with Crippen molar-refractivity contribution in [2.24, 2.45) is 0 Å². The molecule has 100 valence electrons. The molecule has 0 saturated carbocycles. The summed E-state index contributed by atoms with van der Waals surface area (Å²) in [6.45, 7) is 2.88. The molecule has 0 spiro atoms. The van der Waals surface area contributed by atoms with Crippen LogP contribution in [0.25, 0.3) is 0 Å². The SMILES string of the molecule is CCCNc1nc(Cl)nc(N(C)c2ccccc2)n1. The molecule has 0 aliphatic heterocycles. The second-order valence-corrected chi connectivity index (χ2v) is 4.39. The van der Waals surface area contributed by atoms with Crippen molar-refractivity contribution in [2.75, 3.05) is 23.8 Å². The van der Waals surface area contributed by atoms with Gasteiger partial charge in [0.05, 0.1) is 0 Å². The zero-order valence-corrected chi connectivity index (χ0v) is 11.7. The summed E-state index contributed by atoms with van der Waals surface area (Å²) in [6, 6.07) is 9.86. The van der Waals surface area contributed by atoms with Gasteiger partial charge in [0.25, 0.3) is 0 Å². The number of nitrogens with zero attached hydrogens (tertiary/aromatic N) is 4. The summed E-state index contributed by atoms with van der Waals surface area (Å²) in [5.41, 5.74) is 0.992. The topological polar surface area (TPSA) is 53.9 Å². The summed E-state index contributed by atoms with van der Waals surface area (Å²) in [5, 5.41) is 3.30. The van der Waals surface area contributed by atoms with Gasteiger partial charge in [-0.3, -0.25) is 0 Å². The first-order valence-corrected chi connectivity index (χ1v) is 6.52. The fraction of sp³-hybridized carbons (Fsp3) is 0.308. The Morgan fingerprint density at radius 1 is 1.16 bits per heavy atom. The number of benzene rings is 1. The van der Waals surface area contributed by atoms with Crippen molar-refractivity contribution in [3.63, 3.8) is 0 Å². The minimum Gasteiger partial charge on any atom is -0.354 e. The summed E-state index contributed by atoms with van der Waals surface area (Å²) in [4.78, 5) is 14.4. The summed E-state index contributed by atoms with van der Waals surface area (Å²) >= 11 is 5.93. The Balaban J connectivity index is 2.26. The van der Waals surface area contributed by atoms with E-state index in [1.54, 1.807) is 0 Å². The molecule has 1 heterocycles. The fourth-order valence-corrected chi connectivity index (χ4v) is 1.73. The van der Waals surface area contributed by atoms with E-state index in [-0.39, 0.29) is 5.28 Å². The van der Waals surface area contributed by atoms with Crippen molar-refractivity contribution in [1.29, 1.82) is 0 Å². The molecule has 0 aliphatic carbocycles. The maximum atomic E-state index is 5.93. The van der Waals surface area contributed by atoms with Gasteiger partial charge in [0.15, 0.2) is 0 Å². The molecule has 1 aromatic carbocycles. The Bertz CT molecular complexity index is 532. The fourth-order valence-electron chi connectivity index (χ4n) is 1.57. The van der Waals surface area contributed by atoms with Gasteiger partial charge in [-0.2, -0.15) is 15.0 Å². The first-order chi connectivity index (χ1) is 9.20. The molecule has 0 fully saturated rings. The van der Waals surface area contributed by atoms with Crippen molar-refractivity contribution < 1.29 is 0 Å². The summed E-state index contributed by atoms with van der Waals surface area (Å²) in [6.07, 6.45) is 0.993. The van der Waals surface area contributed by atoms with Gasteiger partial charge in [0, 0.05) is 19.3 Å². The molecule has 0 bridgehead atoms. The van der Waals surface area contributed by atoms with E-state index in [1.165, 1.54) is 0 Å². The average molecular weight is 278 g/mol. The zero-order valence-electron chi connectivity index (χ0n) is 11.0. The van der Waals surface area contributed by atoms with Gasteiger partial charge in [0.2, 0.25) is 17.2 Å². The van der Waals surface area contributed by atoms with E-state index in [0.29, 0.717) is 11.9 Å². The van der Waals surface area contributed by atoms with Crippen LogP contribution >= 0.6 is 11.6 Å². The molecule has 2 rings (SSSR count). The van der Waals surface area contributed by atoms with Crippen LogP contribution in [0.2, 0.25) is 5.28 Å². The molecule has 0 radical (unpaired) electrons. The lowest BCUT2D eigenvalue weighted by Crippen LogP contribution is -2.15. The van der Waals surface area contributed by atoms with Gasteiger partial charge in [-0.15, -0.1) is 0 Å². The maximum absolute atomic E-state index is 5.93. The van der Waals surface area contributed by atoms with Gasteiger partial charge in [-0.25, -0.2) is 0 Å². The summed E-state index contributed by atoms with van der Waals surface area (Å²) in [7, 11) is 1.89. The molecule has 6 heteroatoms. The smallest absolute Gasteiger partial charge is 0.235 e. The van der Waals surface area contributed by atoms with E-state index in [2.05, 4.69) is 27.2 Å². The van der Waals surface area contributed by atoms with E-state index in [4.69, 9.17) is 11.6 Å². The summed E-state index contributed by atoms with van der Waals surface area (Å²) < 4.78 is 0. The summed E-state index contributed by atoms with van der Waals surface area (Å²) in [5.74, 6) is 1.02. The Kier molecular flexibility index (Phi) is 4.52. The molecule has 2 aromatic rings. The number of hydrogen-bond donors (Lipinski definition) is 1. The van der Waals surface area contributed by atoms with Crippen molar-refractivity contribution in [3.05, 3.63) is 35.6 Å². The quantitative estimate of drug-likeness (QED) is 0.910. The average Bonchev–Trinajstić information content (AvgIpc) is 2.44. The molecule has 19 heavy (non-hydrogen) atoms. The zero-order chi connectivity index (χ0) is 13.7. The van der Waals surface area contributed by atoms with E-state index in [9.17, 15) is 0 Å². The second kappa shape index (κ2) is 6.33. The standard InChI is InChI=1S/C13H16ClN5/c1-3-9-15-12-16-11(14)17-13(18-12)19(2)10-7-5-4-6-8-10/h4-8H,3,9H2,1-2H3,(H,15,16,17,18). The lowest BCUT2D eigenvalue weighted by molar-refractivity contribution is 0.926. The van der Waals surface area contributed by atoms with Crippen LogP contribution in [-0.2, 0) is 0 Å². The molecular weight excluding hydrogens is 262 g/mol. The van der Waals surface area contributed by atoms with E-state index < -0.39 is 0 Å². The molecule has 0 aliphatic rings. The van der Waals surface area contributed by atoms with Gasteiger partial charge in [-0.05, 0) is 30.2 Å². The number of rotatable bonds is 5. The van der Waals surface area contributed by atoms with Crippen LogP contribution in [0.3, 0.4) is 0 Å². The minimum absolute atomic E-state index is 0.186. The lowest BCUT2D eigenvalue weighted by Gasteiger charge is -2.17. The lowest BCUT2D eigenvalue weighted by atomic mass is 10.3. The minimum atomic E-state index is 0.186. The third-order valence-corrected chi connectivity index (χ3v) is 2.74. The van der Waals surface area contributed by atoms with E-state index >= 15 is 0 Å². The highest BCUT2D eigenvalue weighted by Crippen LogP contribution is 2.21. The Morgan fingerprint density at radius 3 is 2.58 bits per heavy atom. The number of para-hydroxylation sites is 1. The Labute approximate surface area is 117 Å². The highest BCUT2D eigenvalue weighted by molar-refractivity contribution is 6.28. The number of hydrogen-bond acceptors (Lipinski definition) is 5.